The minimum absolute atomic E-state index is 0.0741. The first-order chi connectivity index (χ1) is 21.0. The van der Waals surface area contributed by atoms with Gasteiger partial charge >= 0.3 is 0 Å². The molecular weight excluding hydrogens is 645 g/mol. The number of carbonyl (C=O) groups is 4. The predicted molar refractivity (Wildman–Crippen MR) is 195 cm³/mol. The summed E-state index contributed by atoms with van der Waals surface area (Å²) in [5.74, 6) is 1.57. The maximum atomic E-state index is 11.8. The summed E-state index contributed by atoms with van der Waals surface area (Å²) in [6.45, 7) is 10.5. The van der Waals surface area contributed by atoms with Gasteiger partial charge in [-0.1, -0.05) is 38.1 Å². The van der Waals surface area contributed by atoms with Gasteiger partial charge in [0, 0.05) is 65.6 Å². The van der Waals surface area contributed by atoms with Crippen LogP contribution in [0.2, 0.25) is 0 Å². The highest BCUT2D eigenvalue weighted by Gasteiger charge is 2.28. The van der Waals surface area contributed by atoms with E-state index in [4.69, 9.17) is 34.7 Å². The van der Waals surface area contributed by atoms with E-state index in [2.05, 4.69) is 51.2 Å². The molecule has 0 spiro atoms. The largest absolute Gasteiger partial charge is 0.480 e. The molecule has 10 heteroatoms. The average molecular weight is 693 g/mol. The zero-order valence-electron chi connectivity index (χ0n) is 27.2. The summed E-state index contributed by atoms with van der Waals surface area (Å²) < 4.78 is 12.4. The molecular formula is C35H48O6S4. The van der Waals surface area contributed by atoms with Gasteiger partial charge in [0.1, 0.15) is 45.5 Å². The first kappa shape index (κ1) is 39.3. The zero-order valence-corrected chi connectivity index (χ0v) is 30.7. The monoisotopic (exact) mass is 692 g/mol. The number of hydrogen-bond acceptors (Lipinski definition) is 10. The summed E-state index contributed by atoms with van der Waals surface area (Å²) in [7, 11) is 0. The molecule has 45 heavy (non-hydrogen) atoms. The maximum Gasteiger partial charge on any atom is 0.142 e. The molecule has 248 valence electrons. The summed E-state index contributed by atoms with van der Waals surface area (Å²) in [4.78, 5) is 46.5. The second-order valence-corrected chi connectivity index (χ2v) is 14.7. The van der Waals surface area contributed by atoms with Gasteiger partial charge in [-0.2, -0.15) is 25.3 Å². The maximum absolute atomic E-state index is 11.8. The summed E-state index contributed by atoms with van der Waals surface area (Å²) in [5.41, 5.74) is 2.31. The van der Waals surface area contributed by atoms with Crippen LogP contribution in [-0.4, -0.2) is 34.0 Å². The Morgan fingerprint density at radius 3 is 1.20 bits per heavy atom. The van der Waals surface area contributed by atoms with E-state index in [0.717, 1.165) is 22.3 Å². The van der Waals surface area contributed by atoms with Crippen LogP contribution in [-0.2, 0) is 24.6 Å². The summed E-state index contributed by atoms with van der Waals surface area (Å²) in [5, 5.41) is -0.509. The van der Waals surface area contributed by atoms with Crippen molar-refractivity contribution in [2.45, 2.75) is 120 Å². The third-order valence-corrected chi connectivity index (χ3v) is 9.53. The molecule has 0 aliphatic rings. The molecule has 0 heterocycles. The Morgan fingerprint density at radius 1 is 0.578 bits per heavy atom. The van der Waals surface area contributed by atoms with Gasteiger partial charge < -0.3 is 28.7 Å². The SMILES string of the molecule is CC(=O)CCC(S)Oc1ccc(C(C)(C)c2ccc(OC(S)CCC(C)=O)c(C(S)CCC(C)=O)c2)cc1C(S)CCC(C)=O. The van der Waals surface area contributed by atoms with Crippen molar-refractivity contribution in [3.8, 4) is 11.5 Å². The van der Waals surface area contributed by atoms with E-state index < -0.39 is 16.3 Å². The molecule has 0 radical (unpaired) electrons. The van der Waals surface area contributed by atoms with Crippen LogP contribution in [0.4, 0.5) is 0 Å². The zero-order chi connectivity index (χ0) is 33.9. The molecule has 0 aromatic heterocycles. The van der Waals surface area contributed by atoms with E-state index in [1.807, 2.05) is 24.3 Å². The van der Waals surface area contributed by atoms with E-state index in [1.54, 1.807) is 27.7 Å². The highest BCUT2D eigenvalue weighted by atomic mass is 32.1. The van der Waals surface area contributed by atoms with Crippen LogP contribution in [0.1, 0.15) is 126 Å². The van der Waals surface area contributed by atoms with Gasteiger partial charge in [0.25, 0.3) is 0 Å². The number of thiol groups is 4. The fourth-order valence-corrected chi connectivity index (χ4v) is 5.98. The van der Waals surface area contributed by atoms with Gasteiger partial charge in [-0.15, -0.1) is 25.3 Å². The van der Waals surface area contributed by atoms with Gasteiger partial charge in [-0.05, 0) is 63.8 Å². The first-order valence-electron chi connectivity index (χ1n) is 15.3. The lowest BCUT2D eigenvalue weighted by Gasteiger charge is -2.30. The Morgan fingerprint density at radius 2 is 0.889 bits per heavy atom. The van der Waals surface area contributed by atoms with E-state index in [-0.39, 0.29) is 33.6 Å². The van der Waals surface area contributed by atoms with Crippen molar-refractivity contribution in [2.75, 3.05) is 0 Å². The molecule has 2 rings (SSSR count). The molecule has 2 aromatic rings. The Kier molecular flexibility index (Phi) is 16.1. The van der Waals surface area contributed by atoms with E-state index in [0.29, 0.717) is 62.9 Å². The van der Waals surface area contributed by atoms with Crippen LogP contribution < -0.4 is 9.47 Å². The van der Waals surface area contributed by atoms with E-state index >= 15 is 0 Å². The van der Waals surface area contributed by atoms with E-state index in [1.165, 1.54) is 0 Å². The smallest absolute Gasteiger partial charge is 0.142 e. The first-order valence-corrected chi connectivity index (χ1v) is 17.4. The fourth-order valence-electron chi connectivity index (χ4n) is 4.83. The van der Waals surface area contributed by atoms with Crippen LogP contribution in [0.25, 0.3) is 0 Å². The molecule has 2 aromatic carbocycles. The van der Waals surface area contributed by atoms with Gasteiger partial charge in [0.15, 0.2) is 0 Å². The lowest BCUT2D eigenvalue weighted by atomic mass is 9.76. The lowest BCUT2D eigenvalue weighted by Crippen LogP contribution is -2.21. The summed E-state index contributed by atoms with van der Waals surface area (Å²) >= 11 is 18.8. The number of rotatable bonds is 20. The highest BCUT2D eigenvalue weighted by Crippen LogP contribution is 2.42. The van der Waals surface area contributed by atoms with Crippen molar-refractivity contribution in [1.29, 1.82) is 0 Å². The Balaban J connectivity index is 2.53. The Bertz CT molecular complexity index is 1240. The van der Waals surface area contributed by atoms with Crippen molar-refractivity contribution in [3.05, 3.63) is 58.7 Å². The highest BCUT2D eigenvalue weighted by molar-refractivity contribution is 7.81. The number of Topliss-reactive ketones (excluding diaryl/α,β-unsaturated/α-hetero) is 4. The normalized spacial score (nSPS) is 14.3. The topological polar surface area (TPSA) is 86.7 Å². The van der Waals surface area contributed by atoms with Crippen LogP contribution >= 0.6 is 50.5 Å². The summed E-state index contributed by atoms with van der Waals surface area (Å²) in [6.07, 6.45) is 3.57. The second kappa shape index (κ2) is 18.5. The van der Waals surface area contributed by atoms with Gasteiger partial charge in [0.2, 0.25) is 0 Å². The molecule has 0 aliphatic carbocycles. The Labute approximate surface area is 290 Å². The van der Waals surface area contributed by atoms with Crippen molar-refractivity contribution in [3.63, 3.8) is 0 Å². The molecule has 0 aliphatic heterocycles. The van der Waals surface area contributed by atoms with Crippen LogP contribution in [0.3, 0.4) is 0 Å². The second-order valence-electron chi connectivity index (χ2n) is 12.3. The van der Waals surface area contributed by atoms with E-state index in [9.17, 15) is 19.2 Å². The number of ether oxygens (including phenoxy) is 2. The standard InChI is InChI=1S/C35H48O6S4/c1-21(36)7-15-31(42)27-19-25(11-13-29(27)40-33(44)17-9-23(3)38)35(5,6)26-12-14-30(41-34(45)18-10-24(4)39)28(20-26)32(43)16-8-22(2)37/h11-14,19-20,31-34,42-45H,7-10,15-18H2,1-6H3. The van der Waals surface area contributed by atoms with Crippen LogP contribution in [0.5, 0.6) is 11.5 Å². The van der Waals surface area contributed by atoms with Crippen LogP contribution in [0.15, 0.2) is 36.4 Å². The van der Waals surface area contributed by atoms with Crippen molar-refractivity contribution in [1.82, 2.24) is 0 Å². The minimum atomic E-state index is -0.479. The molecule has 0 saturated heterocycles. The number of carbonyl (C=O) groups excluding carboxylic acids is 4. The average Bonchev–Trinajstić information content (AvgIpc) is 2.96. The molecule has 0 fully saturated rings. The van der Waals surface area contributed by atoms with Gasteiger partial charge in [-0.25, -0.2) is 0 Å². The van der Waals surface area contributed by atoms with Crippen molar-refractivity contribution in [2.24, 2.45) is 0 Å². The quantitative estimate of drug-likeness (QED) is 0.0821. The van der Waals surface area contributed by atoms with Crippen molar-refractivity contribution >= 4 is 73.6 Å². The number of hydrogen-bond donors (Lipinski definition) is 4. The third kappa shape index (κ3) is 13.0. The van der Waals surface area contributed by atoms with Gasteiger partial charge in [0.05, 0.1) is 0 Å². The predicted octanol–water partition coefficient (Wildman–Crippen LogP) is 8.70. The number of ketones is 4. The molecule has 0 N–H and O–H groups in total. The molecule has 0 bridgehead atoms. The fraction of sp³-hybridized carbons (Fsp3) is 0.543. The van der Waals surface area contributed by atoms with Crippen molar-refractivity contribution < 1.29 is 28.7 Å². The lowest BCUT2D eigenvalue weighted by molar-refractivity contribution is -0.118. The molecule has 6 nitrogen and oxygen atoms in total. The number of benzene rings is 2. The molecule has 0 amide bonds. The Hall–Kier alpha value is -1.88. The van der Waals surface area contributed by atoms with Gasteiger partial charge in [-0.3, -0.25) is 0 Å². The van der Waals surface area contributed by atoms with Crippen LogP contribution in [0, 0.1) is 0 Å². The third-order valence-electron chi connectivity index (χ3n) is 7.73. The molecule has 4 unspecified atom stereocenters. The minimum Gasteiger partial charge on any atom is -0.480 e. The molecule has 0 saturated carbocycles. The molecule has 4 atom stereocenters. The summed E-state index contributed by atoms with van der Waals surface area (Å²) in [6, 6.07) is 12.0.